The van der Waals surface area contributed by atoms with E-state index in [1.165, 1.54) is 334 Å². The Morgan fingerprint density at radius 1 is 0.218 bits per heavy atom. The Bertz CT molecular complexity index is 2070. The third kappa shape index (κ3) is 84.0. The molecule has 0 spiro atoms. The van der Waals surface area contributed by atoms with E-state index in [-0.39, 0.29) is 25.7 Å². The Labute approximate surface area is 677 Å². The average molecular weight is 1610 g/mol. The summed E-state index contributed by atoms with van der Waals surface area (Å²) in [6.07, 6.45) is 81.9. The number of ether oxygens (including phenoxy) is 4. The Kier molecular flexibility index (Phi) is 83.5. The lowest BCUT2D eigenvalue weighted by molar-refractivity contribution is -0.161. The number of unbranched alkanes of at least 4 members (excludes halogenated alkanes) is 66. The summed E-state index contributed by atoms with van der Waals surface area (Å²) in [6, 6.07) is 0. The maximum Gasteiger partial charge on any atom is 0.472 e. The van der Waals surface area contributed by atoms with Crippen LogP contribution in [-0.2, 0) is 65.4 Å². The van der Waals surface area contributed by atoms with Gasteiger partial charge in [0, 0.05) is 25.7 Å². The van der Waals surface area contributed by atoms with Gasteiger partial charge in [0.1, 0.15) is 19.3 Å². The normalized spacial score (nSPS) is 13.6. The zero-order chi connectivity index (χ0) is 80.3. The van der Waals surface area contributed by atoms with Crippen molar-refractivity contribution in [3.63, 3.8) is 0 Å². The molecule has 0 aromatic rings. The van der Waals surface area contributed by atoms with Gasteiger partial charge in [0.05, 0.1) is 26.4 Å². The van der Waals surface area contributed by atoms with Crippen LogP contribution >= 0.6 is 15.6 Å². The van der Waals surface area contributed by atoms with Crippen molar-refractivity contribution >= 4 is 39.5 Å². The number of aliphatic hydroxyl groups is 1. The van der Waals surface area contributed by atoms with Crippen LogP contribution in [0, 0.1) is 0 Å². The van der Waals surface area contributed by atoms with Crippen LogP contribution in [0.5, 0.6) is 0 Å². The second kappa shape index (κ2) is 85.0. The fourth-order valence-electron chi connectivity index (χ4n) is 14.4. The van der Waals surface area contributed by atoms with Gasteiger partial charge in [-0.05, 0) is 25.7 Å². The van der Waals surface area contributed by atoms with Crippen molar-refractivity contribution in [2.45, 2.75) is 521 Å². The molecule has 5 atom stereocenters. The standard InChI is InChI=1S/C91H178O17P2/c1-5-9-13-17-21-25-29-33-36-39-42-43-44-47-50-54-58-62-66-70-74-78-91(96)108-87(82-102-89(94)76-72-68-64-60-56-52-48-45-40-37-34-30-26-22-18-14-10-6-2)84-106-110(99,100)104-80-85(92)79-103-109(97,98)105-83-86(81-101-88(93)75-71-67-63-59-55-51-32-28-24-20-16-12-8-4)107-90(95)77-73-69-65-61-57-53-49-46-41-38-35-31-27-23-19-15-11-7-3/h85-87,92H,5-84H2,1-4H3,(H,97,98)(H,99,100)/t85-,86+,87+/m0/s1. The summed E-state index contributed by atoms with van der Waals surface area (Å²) in [4.78, 5) is 73.5. The van der Waals surface area contributed by atoms with Gasteiger partial charge in [-0.15, -0.1) is 0 Å². The van der Waals surface area contributed by atoms with E-state index in [0.717, 1.165) is 89.9 Å². The van der Waals surface area contributed by atoms with Crippen LogP contribution in [0.25, 0.3) is 0 Å². The fraction of sp³-hybridized carbons (Fsp3) is 0.956. The number of esters is 4. The van der Waals surface area contributed by atoms with E-state index in [1.54, 1.807) is 0 Å². The number of carbonyl (C=O) groups is 4. The van der Waals surface area contributed by atoms with Crippen LogP contribution in [-0.4, -0.2) is 96.7 Å². The minimum Gasteiger partial charge on any atom is -0.462 e. The first-order valence-corrected chi connectivity index (χ1v) is 50.3. The maximum atomic E-state index is 13.2. The number of phosphoric acid groups is 2. The minimum absolute atomic E-state index is 0.110. The molecule has 0 aromatic carbocycles. The number of hydrogen-bond donors (Lipinski definition) is 3. The van der Waals surface area contributed by atoms with Crippen molar-refractivity contribution < 1.29 is 80.2 Å². The highest BCUT2D eigenvalue weighted by Gasteiger charge is 2.31. The number of phosphoric ester groups is 2. The van der Waals surface area contributed by atoms with E-state index < -0.39 is 97.5 Å². The van der Waals surface area contributed by atoms with Crippen LogP contribution in [0.4, 0.5) is 0 Å². The summed E-state index contributed by atoms with van der Waals surface area (Å²) in [6.45, 7) is 5.10. The minimum atomic E-state index is -4.97. The van der Waals surface area contributed by atoms with E-state index >= 15 is 0 Å². The SMILES string of the molecule is CCCCCCCCCCCCCCCCCCCCCCCC(=O)O[C@H](COC(=O)CCCCCCCCCCCCCCCCCCCC)COP(=O)(O)OC[C@@H](O)COP(=O)(O)OC[C@@H](COC(=O)CCCCCCCCCCCCCCC)OC(=O)CCCCCCCCCCCCCCCCCCCC. The topological polar surface area (TPSA) is 237 Å². The van der Waals surface area contributed by atoms with Gasteiger partial charge in [-0.25, -0.2) is 9.13 Å². The lowest BCUT2D eigenvalue weighted by Gasteiger charge is -2.21. The molecule has 17 nitrogen and oxygen atoms in total. The summed E-state index contributed by atoms with van der Waals surface area (Å²) in [5.41, 5.74) is 0. The summed E-state index contributed by atoms with van der Waals surface area (Å²) in [5, 5.41) is 10.7. The summed E-state index contributed by atoms with van der Waals surface area (Å²) in [7, 11) is -9.93. The van der Waals surface area contributed by atoms with Crippen LogP contribution in [0.2, 0.25) is 0 Å². The fourth-order valence-corrected chi connectivity index (χ4v) is 16.0. The molecule has 0 bridgehead atoms. The van der Waals surface area contributed by atoms with Crippen molar-refractivity contribution in [1.29, 1.82) is 0 Å². The molecular weight excluding hydrogens is 1430 g/mol. The van der Waals surface area contributed by atoms with Gasteiger partial charge >= 0.3 is 39.5 Å². The first kappa shape index (κ1) is 108. The highest BCUT2D eigenvalue weighted by atomic mass is 31.2. The predicted octanol–water partition coefficient (Wildman–Crippen LogP) is 28.5. The first-order valence-electron chi connectivity index (χ1n) is 47.3. The van der Waals surface area contributed by atoms with Crippen LogP contribution in [0.1, 0.15) is 503 Å². The quantitative estimate of drug-likeness (QED) is 0.0222. The van der Waals surface area contributed by atoms with Crippen molar-refractivity contribution in [2.24, 2.45) is 0 Å². The number of hydrogen-bond acceptors (Lipinski definition) is 15. The Balaban J connectivity index is 5.25. The Hall–Kier alpha value is -1.94. The molecule has 0 radical (unpaired) electrons. The maximum absolute atomic E-state index is 13.2. The van der Waals surface area contributed by atoms with Crippen LogP contribution in [0.15, 0.2) is 0 Å². The molecule has 0 saturated carbocycles. The van der Waals surface area contributed by atoms with Crippen molar-refractivity contribution in [2.75, 3.05) is 39.6 Å². The molecule has 0 rings (SSSR count). The molecular formula is C91H178O17P2. The van der Waals surface area contributed by atoms with Gasteiger partial charge < -0.3 is 33.8 Å². The molecule has 0 aliphatic rings. The zero-order valence-electron chi connectivity index (χ0n) is 72.3. The van der Waals surface area contributed by atoms with Gasteiger partial charge in [-0.3, -0.25) is 37.3 Å². The molecule has 0 amide bonds. The second-order valence-corrected chi connectivity index (χ2v) is 35.6. The number of aliphatic hydroxyl groups excluding tert-OH is 1. The molecule has 3 N–H and O–H groups in total. The zero-order valence-corrected chi connectivity index (χ0v) is 74.0. The average Bonchev–Trinajstić information content (AvgIpc) is 0.901. The number of carbonyl (C=O) groups excluding carboxylic acids is 4. The van der Waals surface area contributed by atoms with Gasteiger partial charge in [0.2, 0.25) is 0 Å². The molecule has 0 saturated heterocycles. The molecule has 2 unspecified atom stereocenters. The molecule has 0 heterocycles. The molecule has 0 aliphatic carbocycles. The van der Waals surface area contributed by atoms with E-state index in [2.05, 4.69) is 27.7 Å². The lowest BCUT2D eigenvalue weighted by Crippen LogP contribution is -2.30. The molecule has 0 aliphatic heterocycles. The summed E-state index contributed by atoms with van der Waals surface area (Å²) < 4.78 is 69.1. The monoisotopic (exact) mass is 1610 g/mol. The van der Waals surface area contributed by atoms with Gasteiger partial charge in [0.25, 0.3) is 0 Å². The van der Waals surface area contributed by atoms with Crippen molar-refractivity contribution in [3.8, 4) is 0 Å². The summed E-state index contributed by atoms with van der Waals surface area (Å²) >= 11 is 0. The van der Waals surface area contributed by atoms with E-state index in [4.69, 9.17) is 37.0 Å². The molecule has 0 fully saturated rings. The Morgan fingerprint density at radius 3 is 0.536 bits per heavy atom. The lowest BCUT2D eigenvalue weighted by atomic mass is 10.0. The van der Waals surface area contributed by atoms with Gasteiger partial charge in [-0.1, -0.05) is 451 Å². The van der Waals surface area contributed by atoms with Crippen molar-refractivity contribution in [3.05, 3.63) is 0 Å². The molecule has 110 heavy (non-hydrogen) atoms. The van der Waals surface area contributed by atoms with Gasteiger partial charge in [0.15, 0.2) is 12.2 Å². The molecule has 0 aromatic heterocycles. The van der Waals surface area contributed by atoms with E-state index in [1.807, 2.05) is 0 Å². The predicted molar refractivity (Wildman–Crippen MR) is 455 cm³/mol. The number of rotatable bonds is 92. The highest BCUT2D eigenvalue weighted by molar-refractivity contribution is 7.47. The van der Waals surface area contributed by atoms with E-state index in [0.29, 0.717) is 25.7 Å². The summed E-state index contributed by atoms with van der Waals surface area (Å²) in [5.74, 6) is -2.09. The first-order chi connectivity index (χ1) is 53.7. The van der Waals surface area contributed by atoms with E-state index in [9.17, 15) is 43.2 Å². The largest absolute Gasteiger partial charge is 0.472 e. The molecule has 19 heteroatoms. The highest BCUT2D eigenvalue weighted by Crippen LogP contribution is 2.45. The third-order valence-electron chi connectivity index (χ3n) is 21.6. The van der Waals surface area contributed by atoms with Crippen molar-refractivity contribution in [1.82, 2.24) is 0 Å². The van der Waals surface area contributed by atoms with Crippen LogP contribution in [0.3, 0.4) is 0 Å². The third-order valence-corrected chi connectivity index (χ3v) is 23.5. The molecule has 654 valence electrons. The Morgan fingerprint density at radius 2 is 0.364 bits per heavy atom. The van der Waals surface area contributed by atoms with Gasteiger partial charge in [-0.2, -0.15) is 0 Å². The smallest absolute Gasteiger partial charge is 0.462 e. The van der Waals surface area contributed by atoms with Crippen LogP contribution < -0.4 is 0 Å². The second-order valence-electron chi connectivity index (χ2n) is 32.7.